The summed E-state index contributed by atoms with van der Waals surface area (Å²) in [5, 5.41) is 0. The van der Waals surface area contributed by atoms with E-state index >= 15 is 0 Å². The van der Waals surface area contributed by atoms with Crippen LogP contribution in [0.2, 0.25) is 0 Å². The van der Waals surface area contributed by atoms with Gasteiger partial charge in [0, 0.05) is 27.4 Å². The summed E-state index contributed by atoms with van der Waals surface area (Å²) in [6.45, 7) is 3.76. The van der Waals surface area contributed by atoms with Crippen LogP contribution in [0.1, 0.15) is 19.3 Å². The summed E-state index contributed by atoms with van der Waals surface area (Å²) in [5.74, 6) is 1.16. The van der Waals surface area contributed by atoms with Gasteiger partial charge in [-0.15, -0.1) is 11.8 Å². The van der Waals surface area contributed by atoms with Crippen LogP contribution in [-0.4, -0.2) is 30.3 Å². The molecule has 0 unspecified atom stereocenters. The lowest BCUT2D eigenvalue weighted by atomic mass is 10.1. The fraction of sp³-hybridized carbons (Fsp3) is 0.538. The van der Waals surface area contributed by atoms with Gasteiger partial charge in [0.1, 0.15) is 0 Å². The molecule has 0 radical (unpaired) electrons. The zero-order chi connectivity index (χ0) is 12.1. The van der Waals surface area contributed by atoms with Gasteiger partial charge in [-0.1, -0.05) is 6.42 Å². The van der Waals surface area contributed by atoms with E-state index in [1.165, 1.54) is 43.8 Å². The molecule has 2 rings (SSSR count). The van der Waals surface area contributed by atoms with Gasteiger partial charge < -0.3 is 10.6 Å². The Morgan fingerprint density at radius 2 is 2.00 bits per heavy atom. The minimum Gasteiger partial charge on any atom is -0.399 e. The van der Waals surface area contributed by atoms with Gasteiger partial charge in [0.05, 0.1) is 0 Å². The fourth-order valence-electron chi connectivity index (χ4n) is 2.10. The molecule has 1 aromatic carbocycles. The van der Waals surface area contributed by atoms with E-state index in [9.17, 15) is 0 Å². The first-order valence-corrected chi connectivity index (χ1v) is 7.94. The molecule has 1 aliphatic rings. The minimum atomic E-state index is 0.817. The van der Waals surface area contributed by atoms with Crippen LogP contribution in [0.25, 0.3) is 0 Å². The van der Waals surface area contributed by atoms with Gasteiger partial charge in [-0.25, -0.2) is 0 Å². The molecule has 1 fully saturated rings. The van der Waals surface area contributed by atoms with Gasteiger partial charge in [-0.05, 0) is 60.1 Å². The second-order valence-electron chi connectivity index (χ2n) is 4.44. The first-order valence-electron chi connectivity index (χ1n) is 6.16. The molecule has 17 heavy (non-hydrogen) atoms. The number of piperidine rings is 1. The van der Waals surface area contributed by atoms with Crippen LogP contribution in [0.5, 0.6) is 0 Å². The summed E-state index contributed by atoms with van der Waals surface area (Å²) in [7, 11) is 0. The molecule has 0 amide bonds. The van der Waals surface area contributed by atoms with Crippen molar-refractivity contribution in [2.24, 2.45) is 0 Å². The van der Waals surface area contributed by atoms with Crippen molar-refractivity contribution in [3.05, 3.63) is 22.7 Å². The number of halogens is 1. The SMILES string of the molecule is Nc1ccc(SCCN2CCCCC2)c(Br)c1. The Hall–Kier alpha value is -0.190. The van der Waals surface area contributed by atoms with Gasteiger partial charge in [0.25, 0.3) is 0 Å². The molecule has 0 atom stereocenters. The number of nitrogens with two attached hydrogens (primary N) is 1. The summed E-state index contributed by atoms with van der Waals surface area (Å²) in [6, 6.07) is 6.04. The molecule has 2 N–H and O–H groups in total. The van der Waals surface area contributed by atoms with Crippen molar-refractivity contribution in [2.45, 2.75) is 24.2 Å². The van der Waals surface area contributed by atoms with Gasteiger partial charge >= 0.3 is 0 Å². The van der Waals surface area contributed by atoms with Crippen molar-refractivity contribution in [2.75, 3.05) is 31.1 Å². The zero-order valence-electron chi connectivity index (χ0n) is 9.99. The topological polar surface area (TPSA) is 29.3 Å². The number of anilines is 1. The number of hydrogen-bond donors (Lipinski definition) is 1. The van der Waals surface area contributed by atoms with Crippen molar-refractivity contribution in [3.63, 3.8) is 0 Å². The van der Waals surface area contributed by atoms with Crippen LogP contribution in [0.15, 0.2) is 27.6 Å². The fourth-order valence-corrected chi connectivity index (χ4v) is 3.77. The monoisotopic (exact) mass is 314 g/mol. The highest BCUT2D eigenvalue weighted by atomic mass is 79.9. The lowest BCUT2D eigenvalue weighted by molar-refractivity contribution is 0.242. The van der Waals surface area contributed by atoms with E-state index in [0.717, 1.165) is 15.9 Å². The molecule has 0 bridgehead atoms. The summed E-state index contributed by atoms with van der Waals surface area (Å²) < 4.78 is 1.11. The van der Waals surface area contributed by atoms with Crippen LogP contribution in [0.3, 0.4) is 0 Å². The molecule has 1 heterocycles. The Morgan fingerprint density at radius 1 is 1.24 bits per heavy atom. The van der Waals surface area contributed by atoms with E-state index in [1.54, 1.807) is 0 Å². The maximum Gasteiger partial charge on any atom is 0.0331 e. The highest BCUT2D eigenvalue weighted by Gasteiger charge is 2.09. The van der Waals surface area contributed by atoms with Crippen molar-refractivity contribution in [3.8, 4) is 0 Å². The molecule has 94 valence electrons. The Kier molecular flexibility index (Phi) is 5.19. The molecule has 4 heteroatoms. The van der Waals surface area contributed by atoms with E-state index in [2.05, 4.69) is 26.9 Å². The summed E-state index contributed by atoms with van der Waals surface area (Å²) in [4.78, 5) is 3.86. The van der Waals surface area contributed by atoms with E-state index in [4.69, 9.17) is 5.73 Å². The normalized spacial score (nSPS) is 17.2. The van der Waals surface area contributed by atoms with Crippen molar-refractivity contribution >= 4 is 33.4 Å². The summed E-state index contributed by atoms with van der Waals surface area (Å²) in [5.41, 5.74) is 6.54. The molecule has 0 aliphatic carbocycles. The number of rotatable bonds is 4. The van der Waals surface area contributed by atoms with Crippen LogP contribution in [-0.2, 0) is 0 Å². The Balaban J connectivity index is 1.77. The second-order valence-corrected chi connectivity index (χ2v) is 6.43. The second kappa shape index (κ2) is 6.66. The number of benzene rings is 1. The number of nitrogens with zero attached hydrogens (tertiary/aromatic N) is 1. The highest BCUT2D eigenvalue weighted by molar-refractivity contribution is 9.10. The van der Waals surface area contributed by atoms with Crippen LogP contribution >= 0.6 is 27.7 Å². The lowest BCUT2D eigenvalue weighted by Gasteiger charge is -2.26. The first kappa shape index (κ1) is 13.2. The summed E-state index contributed by atoms with van der Waals surface area (Å²) in [6.07, 6.45) is 4.15. The van der Waals surface area contributed by atoms with E-state index < -0.39 is 0 Å². The van der Waals surface area contributed by atoms with Crippen LogP contribution < -0.4 is 5.73 Å². The molecule has 1 saturated heterocycles. The average molecular weight is 315 g/mol. The van der Waals surface area contributed by atoms with Crippen LogP contribution in [0, 0.1) is 0 Å². The summed E-state index contributed by atoms with van der Waals surface area (Å²) >= 11 is 5.46. The number of nitrogen functional groups attached to an aromatic ring is 1. The van der Waals surface area contributed by atoms with Crippen LogP contribution in [0.4, 0.5) is 5.69 Å². The maximum atomic E-state index is 5.73. The predicted octanol–water partition coefficient (Wildman–Crippen LogP) is 3.61. The predicted molar refractivity (Wildman–Crippen MR) is 79.6 cm³/mol. The average Bonchev–Trinajstić information content (AvgIpc) is 2.33. The van der Waals surface area contributed by atoms with E-state index in [-0.39, 0.29) is 0 Å². The Morgan fingerprint density at radius 3 is 2.71 bits per heavy atom. The third-order valence-electron chi connectivity index (χ3n) is 3.07. The smallest absolute Gasteiger partial charge is 0.0331 e. The number of likely N-dealkylation sites (tertiary alicyclic amines) is 1. The Bertz CT molecular complexity index is 364. The molecule has 0 spiro atoms. The Labute approximate surface area is 116 Å². The van der Waals surface area contributed by atoms with Gasteiger partial charge in [0.15, 0.2) is 0 Å². The number of hydrogen-bond acceptors (Lipinski definition) is 3. The molecule has 1 aromatic rings. The van der Waals surface area contributed by atoms with Crippen molar-refractivity contribution in [1.82, 2.24) is 4.90 Å². The molecular weight excluding hydrogens is 296 g/mol. The van der Waals surface area contributed by atoms with Crippen molar-refractivity contribution < 1.29 is 0 Å². The molecule has 2 nitrogen and oxygen atoms in total. The first-order chi connectivity index (χ1) is 8.25. The number of thioether (sulfide) groups is 1. The van der Waals surface area contributed by atoms with E-state index in [0.29, 0.717) is 0 Å². The zero-order valence-corrected chi connectivity index (χ0v) is 12.4. The molecule has 0 saturated carbocycles. The highest BCUT2D eigenvalue weighted by Crippen LogP contribution is 2.29. The molecular formula is C13H19BrN2S. The van der Waals surface area contributed by atoms with Gasteiger partial charge in [-0.2, -0.15) is 0 Å². The standard InChI is InChI=1S/C13H19BrN2S/c14-12-10-11(15)4-5-13(12)17-9-8-16-6-2-1-3-7-16/h4-5,10H,1-3,6-9,15H2. The quantitative estimate of drug-likeness (QED) is 0.680. The lowest BCUT2D eigenvalue weighted by Crippen LogP contribution is -2.31. The van der Waals surface area contributed by atoms with E-state index in [1.807, 2.05) is 23.9 Å². The largest absolute Gasteiger partial charge is 0.399 e. The third kappa shape index (κ3) is 4.19. The van der Waals surface area contributed by atoms with Gasteiger partial charge in [-0.3, -0.25) is 0 Å². The minimum absolute atomic E-state index is 0.817. The maximum absolute atomic E-state index is 5.73. The third-order valence-corrected chi connectivity index (χ3v) is 5.04. The molecule has 1 aliphatic heterocycles. The molecule has 0 aromatic heterocycles. The van der Waals surface area contributed by atoms with Crippen molar-refractivity contribution in [1.29, 1.82) is 0 Å². The van der Waals surface area contributed by atoms with Gasteiger partial charge in [0.2, 0.25) is 0 Å².